The Morgan fingerprint density at radius 1 is 1.31 bits per heavy atom. The smallest absolute Gasteiger partial charge is 0.240 e. The van der Waals surface area contributed by atoms with Crippen LogP contribution in [0.25, 0.3) is 0 Å². The van der Waals surface area contributed by atoms with Gasteiger partial charge in [-0.3, -0.25) is 0 Å². The van der Waals surface area contributed by atoms with Crippen molar-refractivity contribution in [1.29, 1.82) is 5.41 Å². The number of quaternary nitrogens is 1. The van der Waals surface area contributed by atoms with Crippen molar-refractivity contribution in [3.05, 3.63) is 0 Å². The van der Waals surface area contributed by atoms with Gasteiger partial charge < -0.3 is 0 Å². The van der Waals surface area contributed by atoms with E-state index >= 15 is 0 Å². The molecule has 1 saturated heterocycles. The highest BCUT2D eigenvalue weighted by Crippen LogP contribution is 2.21. The summed E-state index contributed by atoms with van der Waals surface area (Å²) < 4.78 is 26.1. The normalized spacial score (nSPS) is 21.9. The fraction of sp³-hybridized carbons (Fsp3) is 0.857. The maximum absolute atomic E-state index is 11.5. The Hall–Kier alpha value is -0.710. The maximum Gasteiger partial charge on any atom is 0.423 e. The quantitative estimate of drug-likeness (QED) is 0.529. The van der Waals surface area contributed by atoms with Crippen molar-refractivity contribution >= 4 is 16.2 Å². The van der Waals surface area contributed by atoms with Gasteiger partial charge in [0.15, 0.2) is 0 Å². The molecule has 74 valence electrons. The summed E-state index contributed by atoms with van der Waals surface area (Å²) in [6.07, 6.45) is 2.89. The monoisotopic (exact) mass is 204 g/mol. The maximum atomic E-state index is 11.5. The highest BCUT2D eigenvalue weighted by Gasteiger charge is 2.38. The number of hydrogen-bond acceptors (Lipinski definition) is 3. The van der Waals surface area contributed by atoms with Gasteiger partial charge >= 0.3 is 10.2 Å². The standard InChI is InChI=1S/C7H14N3O2S/c1-10(5-3-2-4-6-10)13(11,12)9-7-8/h8H,2-6H2,1H3/q+1. The topological polar surface area (TPSA) is 70.3 Å². The molecular formula is C7H14N3O2S+. The van der Waals surface area contributed by atoms with E-state index in [-0.39, 0.29) is 3.89 Å². The minimum atomic E-state index is -3.57. The molecule has 1 aliphatic rings. The van der Waals surface area contributed by atoms with Crippen molar-refractivity contribution in [1.82, 2.24) is 0 Å². The van der Waals surface area contributed by atoms with Gasteiger partial charge in [0.1, 0.15) is 6.01 Å². The molecule has 1 N–H and O–H groups in total. The summed E-state index contributed by atoms with van der Waals surface area (Å²) in [6.45, 7) is 1.18. The largest absolute Gasteiger partial charge is 0.423 e. The summed E-state index contributed by atoms with van der Waals surface area (Å²) in [5.41, 5.74) is 0. The molecule has 0 aromatic rings. The summed E-state index contributed by atoms with van der Waals surface area (Å²) >= 11 is 0. The number of piperidine rings is 1. The first-order chi connectivity index (χ1) is 6.02. The van der Waals surface area contributed by atoms with E-state index in [1.807, 2.05) is 0 Å². The summed E-state index contributed by atoms with van der Waals surface area (Å²) in [4.78, 5) is 0. The van der Waals surface area contributed by atoms with Gasteiger partial charge in [-0.15, -0.1) is 8.42 Å². The molecule has 0 amide bonds. The Morgan fingerprint density at radius 3 is 2.31 bits per heavy atom. The van der Waals surface area contributed by atoms with E-state index in [1.165, 1.54) is 0 Å². The molecule has 1 aliphatic heterocycles. The molecule has 0 saturated carbocycles. The molecule has 1 rings (SSSR count). The van der Waals surface area contributed by atoms with Crippen LogP contribution in [0.1, 0.15) is 19.3 Å². The van der Waals surface area contributed by atoms with Crippen molar-refractivity contribution in [2.24, 2.45) is 4.40 Å². The van der Waals surface area contributed by atoms with Gasteiger partial charge in [0.05, 0.1) is 20.1 Å². The van der Waals surface area contributed by atoms with Crippen LogP contribution in [0.3, 0.4) is 0 Å². The second kappa shape index (κ2) is 3.57. The van der Waals surface area contributed by atoms with Gasteiger partial charge in [0, 0.05) is 0 Å². The predicted octanol–water partition coefficient (Wildman–Crippen LogP) is 0.614. The van der Waals surface area contributed by atoms with Gasteiger partial charge in [-0.1, -0.05) is 0 Å². The minimum Gasteiger partial charge on any atom is -0.240 e. The molecule has 0 aromatic carbocycles. The van der Waals surface area contributed by atoms with Crippen LogP contribution in [0.2, 0.25) is 0 Å². The third-order valence-corrected chi connectivity index (χ3v) is 4.28. The molecule has 0 spiro atoms. The minimum absolute atomic E-state index is 0.0706. The fourth-order valence-electron chi connectivity index (χ4n) is 1.57. The number of nitrogens with one attached hydrogen (secondary N) is 1. The molecule has 6 heteroatoms. The highest BCUT2D eigenvalue weighted by atomic mass is 32.2. The number of nitrogens with zero attached hydrogens (tertiary/aromatic N) is 2. The van der Waals surface area contributed by atoms with Crippen LogP contribution < -0.4 is 0 Å². The Kier molecular flexibility index (Phi) is 2.85. The summed E-state index contributed by atoms with van der Waals surface area (Å²) in [5, 5.41) is 6.56. The van der Waals surface area contributed by atoms with Crippen molar-refractivity contribution in [3.63, 3.8) is 0 Å². The molecule has 0 atom stereocenters. The molecule has 0 aliphatic carbocycles. The van der Waals surface area contributed by atoms with Crippen molar-refractivity contribution in [2.75, 3.05) is 20.1 Å². The Bertz CT molecular complexity index is 324. The summed E-state index contributed by atoms with van der Waals surface area (Å²) in [6, 6.07) is 1.60. The SMILES string of the molecule is C[N+]1(S(=O)(=O)N=C=N)CCCCC1. The predicted molar refractivity (Wildman–Crippen MR) is 48.8 cm³/mol. The van der Waals surface area contributed by atoms with Crippen molar-refractivity contribution in [3.8, 4) is 0 Å². The van der Waals surface area contributed by atoms with Gasteiger partial charge in [0.2, 0.25) is 0 Å². The van der Waals surface area contributed by atoms with E-state index in [0.29, 0.717) is 13.1 Å². The lowest BCUT2D eigenvalue weighted by Crippen LogP contribution is -2.51. The Morgan fingerprint density at radius 2 is 1.85 bits per heavy atom. The molecule has 5 nitrogen and oxygen atoms in total. The van der Waals surface area contributed by atoms with E-state index in [0.717, 1.165) is 19.3 Å². The van der Waals surface area contributed by atoms with Crippen LogP contribution in [0.4, 0.5) is 0 Å². The first kappa shape index (κ1) is 10.4. The van der Waals surface area contributed by atoms with E-state index in [4.69, 9.17) is 5.41 Å². The van der Waals surface area contributed by atoms with Crippen molar-refractivity contribution in [2.45, 2.75) is 19.3 Å². The molecule has 0 radical (unpaired) electrons. The molecule has 1 heterocycles. The first-order valence-electron chi connectivity index (χ1n) is 4.25. The number of hydrogen-bond donors (Lipinski definition) is 1. The second-order valence-corrected chi connectivity index (χ2v) is 5.42. The zero-order valence-corrected chi connectivity index (χ0v) is 8.47. The fourth-order valence-corrected chi connectivity index (χ4v) is 2.60. The van der Waals surface area contributed by atoms with Crippen LogP contribution >= 0.6 is 0 Å². The van der Waals surface area contributed by atoms with Crippen molar-refractivity contribution < 1.29 is 12.3 Å². The van der Waals surface area contributed by atoms with Crippen LogP contribution in [-0.2, 0) is 10.2 Å². The average Bonchev–Trinajstić information content (AvgIpc) is 2.05. The summed E-state index contributed by atoms with van der Waals surface area (Å²) in [7, 11) is -1.92. The molecule has 0 aromatic heterocycles. The van der Waals surface area contributed by atoms with Crippen LogP contribution in [0.15, 0.2) is 4.40 Å². The molecular weight excluding hydrogens is 190 g/mol. The van der Waals surface area contributed by atoms with Crippen LogP contribution in [0.5, 0.6) is 0 Å². The molecule has 1 fully saturated rings. The van der Waals surface area contributed by atoms with E-state index in [9.17, 15) is 8.42 Å². The van der Waals surface area contributed by atoms with Crippen LogP contribution in [-0.4, -0.2) is 38.5 Å². The third kappa shape index (κ3) is 1.96. The Labute approximate surface area is 78.4 Å². The van der Waals surface area contributed by atoms with E-state index in [1.54, 1.807) is 13.1 Å². The number of rotatable bonds is 2. The van der Waals surface area contributed by atoms with E-state index < -0.39 is 10.2 Å². The van der Waals surface area contributed by atoms with Gasteiger partial charge in [-0.05, 0) is 23.7 Å². The zero-order chi connectivity index (χ0) is 9.95. The lowest BCUT2D eigenvalue weighted by molar-refractivity contribution is -0.790. The lowest BCUT2D eigenvalue weighted by Gasteiger charge is -2.32. The van der Waals surface area contributed by atoms with Gasteiger partial charge in [-0.25, -0.2) is 9.30 Å². The average molecular weight is 204 g/mol. The first-order valence-corrected chi connectivity index (χ1v) is 5.65. The number of likely N-dealkylation sites (tertiary alicyclic amines) is 1. The third-order valence-electron chi connectivity index (χ3n) is 2.48. The zero-order valence-electron chi connectivity index (χ0n) is 7.65. The Balaban J connectivity index is 2.96. The van der Waals surface area contributed by atoms with Gasteiger partial charge in [0.25, 0.3) is 0 Å². The lowest BCUT2D eigenvalue weighted by atomic mass is 10.1. The summed E-state index contributed by atoms with van der Waals surface area (Å²) in [5.74, 6) is 0. The molecule has 13 heavy (non-hydrogen) atoms. The highest BCUT2D eigenvalue weighted by molar-refractivity contribution is 7.84. The second-order valence-electron chi connectivity index (χ2n) is 3.46. The molecule has 0 unspecified atom stereocenters. The molecule has 0 bridgehead atoms. The van der Waals surface area contributed by atoms with Gasteiger partial charge in [-0.2, -0.15) is 0 Å². The van der Waals surface area contributed by atoms with E-state index in [2.05, 4.69) is 4.40 Å². The van der Waals surface area contributed by atoms with Crippen LogP contribution in [0, 0.1) is 5.41 Å².